The van der Waals surface area contributed by atoms with E-state index in [-0.39, 0.29) is 17.5 Å². The first-order valence-electron chi connectivity index (χ1n) is 9.28. The second-order valence-corrected chi connectivity index (χ2v) is 7.71. The van der Waals surface area contributed by atoms with Crippen LogP contribution < -0.4 is 0 Å². The lowest BCUT2D eigenvalue weighted by Gasteiger charge is -2.21. The van der Waals surface area contributed by atoms with Gasteiger partial charge >= 0.3 is 0 Å². The van der Waals surface area contributed by atoms with Crippen LogP contribution in [-0.2, 0) is 12.8 Å². The van der Waals surface area contributed by atoms with Crippen LogP contribution in [0.5, 0.6) is 0 Å². The molecule has 0 bridgehead atoms. The Bertz CT molecular complexity index is 924. The number of thiazole rings is 1. The minimum Gasteiger partial charge on any atom is -0.338 e. The highest BCUT2D eigenvalue weighted by molar-refractivity contribution is 7.13. The summed E-state index contributed by atoms with van der Waals surface area (Å²) in [7, 11) is 0. The van der Waals surface area contributed by atoms with Gasteiger partial charge in [-0.05, 0) is 48.2 Å². The molecule has 0 saturated heterocycles. The molecule has 0 saturated carbocycles. The van der Waals surface area contributed by atoms with Gasteiger partial charge in [-0.2, -0.15) is 0 Å². The second-order valence-electron chi connectivity index (χ2n) is 6.59. The number of hydrogen-bond donors (Lipinski definition) is 0. The summed E-state index contributed by atoms with van der Waals surface area (Å²) in [5.41, 5.74) is 1.82. The molecule has 0 radical (unpaired) electrons. The topological polar surface area (TPSA) is 33.2 Å². The summed E-state index contributed by atoms with van der Waals surface area (Å²) in [5.74, 6) is -0.591. The van der Waals surface area contributed by atoms with Gasteiger partial charge in [-0.25, -0.2) is 13.8 Å². The van der Waals surface area contributed by atoms with Crippen molar-refractivity contribution in [2.45, 2.75) is 26.2 Å². The molecule has 1 amide bonds. The first-order chi connectivity index (χ1) is 13.5. The molecule has 2 aromatic carbocycles. The van der Waals surface area contributed by atoms with Crippen molar-refractivity contribution >= 4 is 17.2 Å². The fraction of sp³-hybridized carbons (Fsp3) is 0.273. The highest BCUT2D eigenvalue weighted by Gasteiger charge is 2.18. The number of carbonyl (C=O) groups is 1. The summed E-state index contributed by atoms with van der Waals surface area (Å²) in [4.78, 5) is 19.6. The van der Waals surface area contributed by atoms with Crippen LogP contribution in [0, 0.1) is 11.6 Å². The third kappa shape index (κ3) is 5.45. The Morgan fingerprint density at radius 3 is 2.54 bits per heavy atom. The molecule has 0 aliphatic rings. The van der Waals surface area contributed by atoms with Crippen LogP contribution >= 0.6 is 11.3 Å². The van der Waals surface area contributed by atoms with Crippen molar-refractivity contribution in [2.24, 2.45) is 0 Å². The van der Waals surface area contributed by atoms with E-state index in [2.05, 4.69) is 4.98 Å². The highest BCUT2D eigenvalue weighted by atomic mass is 32.1. The van der Waals surface area contributed by atoms with Gasteiger partial charge in [-0.3, -0.25) is 4.79 Å². The standard InChI is InChI=1S/C22H22F2N2OS/c1-2-11-26(12-10-16-4-3-5-19(24)13-16)22(27)20-15-25-21(28-20)14-17-6-8-18(23)9-7-17/h3-9,13,15H,2,10-12,14H2,1H3. The molecule has 0 unspecified atom stereocenters. The minimum atomic E-state index is -0.271. The number of halogens is 2. The summed E-state index contributed by atoms with van der Waals surface area (Å²) in [6.07, 6.45) is 3.62. The van der Waals surface area contributed by atoms with Gasteiger partial charge in [0, 0.05) is 19.5 Å². The highest BCUT2D eigenvalue weighted by Crippen LogP contribution is 2.19. The smallest absolute Gasteiger partial charge is 0.265 e. The van der Waals surface area contributed by atoms with Crippen molar-refractivity contribution in [3.05, 3.63) is 87.4 Å². The van der Waals surface area contributed by atoms with Crippen LogP contribution in [0.25, 0.3) is 0 Å². The minimum absolute atomic E-state index is 0.0545. The number of nitrogens with zero attached hydrogens (tertiary/aromatic N) is 2. The van der Waals surface area contributed by atoms with E-state index in [1.165, 1.54) is 35.6 Å². The van der Waals surface area contributed by atoms with Crippen molar-refractivity contribution in [2.75, 3.05) is 13.1 Å². The Kier molecular flexibility index (Phi) is 6.87. The summed E-state index contributed by atoms with van der Waals surface area (Å²) >= 11 is 1.36. The summed E-state index contributed by atoms with van der Waals surface area (Å²) in [5, 5.41) is 0.816. The molecule has 0 spiro atoms. The van der Waals surface area contributed by atoms with Crippen LogP contribution in [0.1, 0.15) is 39.2 Å². The fourth-order valence-electron chi connectivity index (χ4n) is 2.96. The Labute approximate surface area is 167 Å². The molecule has 0 N–H and O–H groups in total. The molecular formula is C22H22F2N2OS. The van der Waals surface area contributed by atoms with Crippen LogP contribution in [0.3, 0.4) is 0 Å². The van der Waals surface area contributed by atoms with Crippen LogP contribution in [0.2, 0.25) is 0 Å². The van der Waals surface area contributed by atoms with E-state index >= 15 is 0 Å². The molecule has 3 rings (SSSR count). The Balaban J connectivity index is 1.65. The lowest BCUT2D eigenvalue weighted by Crippen LogP contribution is -2.33. The number of aromatic nitrogens is 1. The molecule has 1 heterocycles. The van der Waals surface area contributed by atoms with E-state index < -0.39 is 0 Å². The molecule has 3 nitrogen and oxygen atoms in total. The Morgan fingerprint density at radius 1 is 1.04 bits per heavy atom. The van der Waals surface area contributed by atoms with Crippen LogP contribution in [-0.4, -0.2) is 28.9 Å². The third-order valence-corrected chi connectivity index (χ3v) is 5.36. The monoisotopic (exact) mass is 400 g/mol. The van der Waals surface area contributed by atoms with E-state index in [9.17, 15) is 13.6 Å². The second kappa shape index (κ2) is 9.55. The summed E-state index contributed by atoms with van der Waals surface area (Å²) < 4.78 is 26.4. The number of rotatable bonds is 8. The van der Waals surface area contributed by atoms with Gasteiger partial charge in [-0.15, -0.1) is 11.3 Å². The molecule has 0 atom stereocenters. The summed E-state index contributed by atoms with van der Waals surface area (Å²) in [6, 6.07) is 12.8. The largest absolute Gasteiger partial charge is 0.338 e. The van der Waals surface area contributed by atoms with Gasteiger partial charge in [-0.1, -0.05) is 31.2 Å². The normalized spacial score (nSPS) is 10.8. The lowest BCUT2D eigenvalue weighted by molar-refractivity contribution is 0.0762. The number of benzene rings is 2. The van der Waals surface area contributed by atoms with Crippen molar-refractivity contribution in [1.82, 2.24) is 9.88 Å². The zero-order valence-electron chi connectivity index (χ0n) is 15.7. The first-order valence-corrected chi connectivity index (χ1v) is 10.1. The summed E-state index contributed by atoms with van der Waals surface area (Å²) in [6.45, 7) is 3.19. The van der Waals surface area contributed by atoms with E-state index in [1.807, 2.05) is 13.0 Å². The third-order valence-electron chi connectivity index (χ3n) is 4.37. The van der Waals surface area contributed by atoms with Gasteiger partial charge < -0.3 is 4.90 Å². The average molecular weight is 400 g/mol. The van der Waals surface area contributed by atoms with Gasteiger partial charge in [0.15, 0.2) is 0 Å². The van der Waals surface area contributed by atoms with Crippen molar-refractivity contribution in [1.29, 1.82) is 0 Å². The first kappa shape index (κ1) is 20.1. The molecule has 1 aromatic heterocycles. The van der Waals surface area contributed by atoms with Crippen molar-refractivity contribution < 1.29 is 13.6 Å². The van der Waals surface area contributed by atoms with Gasteiger partial charge in [0.25, 0.3) is 5.91 Å². The molecule has 3 aromatic rings. The van der Waals surface area contributed by atoms with Crippen molar-refractivity contribution in [3.63, 3.8) is 0 Å². The molecular weight excluding hydrogens is 378 g/mol. The maximum absolute atomic E-state index is 13.4. The van der Waals surface area contributed by atoms with Crippen LogP contribution in [0.15, 0.2) is 54.7 Å². The molecule has 0 aliphatic heterocycles. The van der Waals surface area contributed by atoms with Gasteiger partial charge in [0.1, 0.15) is 16.5 Å². The number of carbonyl (C=O) groups excluding carboxylic acids is 1. The predicted octanol–water partition coefficient (Wildman–Crippen LogP) is 5.11. The van der Waals surface area contributed by atoms with Crippen LogP contribution in [0.4, 0.5) is 8.78 Å². The van der Waals surface area contributed by atoms with Gasteiger partial charge in [0.05, 0.1) is 11.2 Å². The van der Waals surface area contributed by atoms with E-state index in [4.69, 9.17) is 0 Å². The zero-order chi connectivity index (χ0) is 19.9. The molecule has 0 aliphatic carbocycles. The lowest BCUT2D eigenvalue weighted by atomic mass is 10.1. The Morgan fingerprint density at radius 2 is 1.82 bits per heavy atom. The molecule has 0 fully saturated rings. The quantitative estimate of drug-likeness (QED) is 0.527. The fourth-order valence-corrected chi connectivity index (χ4v) is 3.88. The van der Waals surface area contributed by atoms with E-state index in [1.54, 1.807) is 29.3 Å². The number of amides is 1. The maximum atomic E-state index is 13.4. The Hall–Kier alpha value is -2.60. The van der Waals surface area contributed by atoms with E-state index in [0.29, 0.717) is 30.8 Å². The maximum Gasteiger partial charge on any atom is 0.265 e. The van der Waals surface area contributed by atoms with E-state index in [0.717, 1.165) is 22.6 Å². The van der Waals surface area contributed by atoms with Gasteiger partial charge in [0.2, 0.25) is 0 Å². The molecule has 28 heavy (non-hydrogen) atoms. The van der Waals surface area contributed by atoms with Crippen molar-refractivity contribution in [3.8, 4) is 0 Å². The predicted molar refractivity (Wildman–Crippen MR) is 108 cm³/mol. The zero-order valence-corrected chi connectivity index (χ0v) is 16.5. The molecule has 6 heteroatoms. The number of hydrogen-bond acceptors (Lipinski definition) is 3. The SMILES string of the molecule is CCCN(CCc1cccc(F)c1)C(=O)c1cnc(Cc2ccc(F)cc2)s1. The molecule has 146 valence electrons. The average Bonchev–Trinajstić information content (AvgIpc) is 3.15.